The Balaban J connectivity index is 2.25. The van der Waals surface area contributed by atoms with Gasteiger partial charge < -0.3 is 10.1 Å². The molecule has 0 radical (unpaired) electrons. The molecule has 3 nitrogen and oxygen atoms in total. The third-order valence-electron chi connectivity index (χ3n) is 2.68. The van der Waals surface area contributed by atoms with E-state index in [1.807, 2.05) is 0 Å². The maximum absolute atomic E-state index is 11.3. The van der Waals surface area contributed by atoms with E-state index < -0.39 is 0 Å². The Kier molecular flexibility index (Phi) is 5.26. The summed E-state index contributed by atoms with van der Waals surface area (Å²) in [5, 5.41) is 2.97. The predicted octanol–water partition coefficient (Wildman–Crippen LogP) is 1.55. The van der Waals surface area contributed by atoms with Crippen molar-refractivity contribution in [3.05, 3.63) is 0 Å². The summed E-state index contributed by atoms with van der Waals surface area (Å²) in [5.41, 5.74) is 0. The number of hydrogen-bond acceptors (Lipinski definition) is 2. The molecule has 14 heavy (non-hydrogen) atoms. The lowest BCUT2D eigenvalue weighted by Crippen LogP contribution is -2.40. The van der Waals surface area contributed by atoms with Crippen molar-refractivity contribution in [3.63, 3.8) is 0 Å². The molecule has 1 atom stereocenters. The van der Waals surface area contributed by atoms with Gasteiger partial charge in [-0.1, -0.05) is 0 Å². The van der Waals surface area contributed by atoms with Gasteiger partial charge in [0.05, 0.1) is 0 Å². The summed E-state index contributed by atoms with van der Waals surface area (Å²) < 4.78 is 5.27. The van der Waals surface area contributed by atoms with Gasteiger partial charge in [0.25, 0.3) is 0 Å². The molecule has 1 aliphatic heterocycles. The molecule has 1 rings (SSSR count). The van der Waals surface area contributed by atoms with Crippen LogP contribution in [0.1, 0.15) is 26.2 Å². The third-order valence-corrected chi connectivity index (χ3v) is 2.87. The van der Waals surface area contributed by atoms with Crippen molar-refractivity contribution in [1.82, 2.24) is 5.32 Å². The number of rotatable bonds is 4. The molecule has 0 bridgehead atoms. The fourth-order valence-corrected chi connectivity index (χ4v) is 1.92. The van der Waals surface area contributed by atoms with Crippen molar-refractivity contribution in [1.29, 1.82) is 0 Å². The number of alkyl halides is 1. The lowest BCUT2D eigenvalue weighted by atomic mass is 9.93. The number of carbonyl (C=O) groups excluding carboxylic acids is 1. The summed E-state index contributed by atoms with van der Waals surface area (Å²) in [4.78, 5) is 11.3. The highest BCUT2D eigenvalue weighted by Crippen LogP contribution is 2.18. The number of nitrogens with one attached hydrogen (secondary N) is 1. The number of carbonyl (C=O) groups is 1. The number of ether oxygens (including phenoxy) is 1. The topological polar surface area (TPSA) is 38.3 Å². The zero-order chi connectivity index (χ0) is 10.4. The summed E-state index contributed by atoms with van der Waals surface area (Å²) in [5.74, 6) is 1.01. The van der Waals surface area contributed by atoms with E-state index in [0.29, 0.717) is 18.2 Å². The minimum atomic E-state index is 0.0546. The Morgan fingerprint density at radius 2 is 2.21 bits per heavy atom. The molecule has 1 unspecified atom stereocenters. The lowest BCUT2D eigenvalue weighted by molar-refractivity contribution is -0.121. The van der Waals surface area contributed by atoms with Gasteiger partial charge in [-0.15, -0.1) is 11.6 Å². The minimum Gasteiger partial charge on any atom is -0.381 e. The van der Waals surface area contributed by atoms with E-state index in [1.165, 1.54) is 0 Å². The van der Waals surface area contributed by atoms with Gasteiger partial charge in [0.2, 0.25) is 5.91 Å². The zero-order valence-electron chi connectivity index (χ0n) is 8.59. The SMILES string of the molecule is CC(NC(=O)CCCl)C1CCOCC1. The van der Waals surface area contributed by atoms with Crippen LogP contribution in [0.15, 0.2) is 0 Å². The van der Waals surface area contributed by atoms with E-state index in [4.69, 9.17) is 16.3 Å². The van der Waals surface area contributed by atoms with Gasteiger partial charge in [0.1, 0.15) is 0 Å². The average Bonchev–Trinajstić information content (AvgIpc) is 2.19. The molecule has 1 fully saturated rings. The van der Waals surface area contributed by atoms with Crippen molar-refractivity contribution in [2.75, 3.05) is 19.1 Å². The van der Waals surface area contributed by atoms with E-state index in [0.717, 1.165) is 26.1 Å². The summed E-state index contributed by atoms with van der Waals surface area (Å²) in [6.07, 6.45) is 2.50. The standard InChI is InChI=1S/C10H18ClNO2/c1-8(12-10(13)2-5-11)9-3-6-14-7-4-9/h8-9H,2-7H2,1H3,(H,12,13). The minimum absolute atomic E-state index is 0.0546. The first kappa shape index (κ1) is 11.8. The molecule has 0 aromatic heterocycles. The molecule has 4 heteroatoms. The van der Waals surface area contributed by atoms with Gasteiger partial charge in [-0.25, -0.2) is 0 Å². The van der Waals surface area contributed by atoms with Gasteiger partial charge in [-0.2, -0.15) is 0 Å². The average molecular weight is 220 g/mol. The predicted molar refractivity (Wildman–Crippen MR) is 56.5 cm³/mol. The van der Waals surface area contributed by atoms with Crippen LogP contribution in [0.3, 0.4) is 0 Å². The number of amides is 1. The summed E-state index contributed by atoms with van der Waals surface area (Å²) in [6, 6.07) is 0.245. The molecule has 0 spiro atoms. The maximum atomic E-state index is 11.3. The molecular formula is C10H18ClNO2. The van der Waals surface area contributed by atoms with Crippen LogP contribution in [0.25, 0.3) is 0 Å². The summed E-state index contributed by atoms with van der Waals surface area (Å²) in [7, 11) is 0. The zero-order valence-corrected chi connectivity index (χ0v) is 9.35. The molecule has 82 valence electrons. The van der Waals surface area contributed by atoms with Crippen LogP contribution < -0.4 is 5.32 Å². The fraction of sp³-hybridized carbons (Fsp3) is 0.900. The molecule has 1 aliphatic rings. The Labute approximate surface area is 90.1 Å². The van der Waals surface area contributed by atoms with Gasteiger partial charge in [-0.3, -0.25) is 4.79 Å². The molecule has 0 aromatic rings. The second-order valence-electron chi connectivity index (χ2n) is 3.74. The normalized spacial score (nSPS) is 20.4. The molecule has 1 N–H and O–H groups in total. The Hall–Kier alpha value is -0.280. The molecule has 1 heterocycles. The first-order valence-corrected chi connectivity index (χ1v) is 5.70. The molecule has 0 saturated carbocycles. The first-order chi connectivity index (χ1) is 6.74. The van der Waals surface area contributed by atoms with Crippen molar-refractivity contribution in [2.45, 2.75) is 32.2 Å². The van der Waals surface area contributed by atoms with Crippen molar-refractivity contribution < 1.29 is 9.53 Å². The number of halogens is 1. The van der Waals surface area contributed by atoms with Crippen LogP contribution in [-0.4, -0.2) is 31.0 Å². The highest BCUT2D eigenvalue weighted by molar-refractivity contribution is 6.18. The Morgan fingerprint density at radius 1 is 1.57 bits per heavy atom. The monoisotopic (exact) mass is 219 g/mol. The third kappa shape index (κ3) is 3.84. The second kappa shape index (κ2) is 6.25. The maximum Gasteiger partial charge on any atom is 0.221 e. The van der Waals surface area contributed by atoms with E-state index in [-0.39, 0.29) is 11.9 Å². The fourth-order valence-electron chi connectivity index (χ4n) is 1.75. The van der Waals surface area contributed by atoms with E-state index in [1.54, 1.807) is 0 Å². The van der Waals surface area contributed by atoms with Crippen LogP contribution >= 0.6 is 11.6 Å². The van der Waals surface area contributed by atoms with Crippen LogP contribution in [0.2, 0.25) is 0 Å². The largest absolute Gasteiger partial charge is 0.381 e. The Bertz CT molecular complexity index is 181. The smallest absolute Gasteiger partial charge is 0.221 e. The van der Waals surface area contributed by atoms with Crippen LogP contribution in [0.4, 0.5) is 0 Å². The van der Waals surface area contributed by atoms with Gasteiger partial charge in [0.15, 0.2) is 0 Å². The highest BCUT2D eigenvalue weighted by atomic mass is 35.5. The van der Waals surface area contributed by atoms with Gasteiger partial charge >= 0.3 is 0 Å². The molecule has 1 amide bonds. The van der Waals surface area contributed by atoms with Crippen LogP contribution in [0.5, 0.6) is 0 Å². The van der Waals surface area contributed by atoms with E-state index in [9.17, 15) is 4.79 Å². The summed E-state index contributed by atoms with van der Waals surface area (Å²) in [6.45, 7) is 3.70. The van der Waals surface area contributed by atoms with Crippen molar-refractivity contribution >= 4 is 17.5 Å². The van der Waals surface area contributed by atoms with Crippen LogP contribution in [0, 0.1) is 5.92 Å². The molecular weight excluding hydrogens is 202 g/mol. The van der Waals surface area contributed by atoms with Crippen molar-refractivity contribution in [2.24, 2.45) is 5.92 Å². The summed E-state index contributed by atoms with van der Waals surface area (Å²) >= 11 is 5.48. The molecule has 1 saturated heterocycles. The van der Waals surface area contributed by atoms with Gasteiger partial charge in [-0.05, 0) is 25.7 Å². The van der Waals surface area contributed by atoms with Gasteiger partial charge in [0, 0.05) is 31.6 Å². The first-order valence-electron chi connectivity index (χ1n) is 5.17. The van der Waals surface area contributed by atoms with Crippen LogP contribution in [-0.2, 0) is 9.53 Å². The van der Waals surface area contributed by atoms with E-state index in [2.05, 4.69) is 12.2 Å². The Morgan fingerprint density at radius 3 is 2.79 bits per heavy atom. The van der Waals surface area contributed by atoms with E-state index >= 15 is 0 Å². The highest BCUT2D eigenvalue weighted by Gasteiger charge is 2.21. The van der Waals surface area contributed by atoms with Crippen molar-refractivity contribution in [3.8, 4) is 0 Å². The molecule has 0 aromatic carbocycles. The number of hydrogen-bond donors (Lipinski definition) is 1. The lowest BCUT2D eigenvalue weighted by Gasteiger charge is -2.28. The quantitative estimate of drug-likeness (QED) is 0.729. The molecule has 0 aliphatic carbocycles. The second-order valence-corrected chi connectivity index (χ2v) is 4.12.